The van der Waals surface area contributed by atoms with E-state index in [1.165, 1.54) is 11.1 Å². The van der Waals surface area contributed by atoms with Crippen LogP contribution in [0.3, 0.4) is 0 Å². The Balaban J connectivity index is 2.12. The van der Waals surface area contributed by atoms with Gasteiger partial charge in [0.25, 0.3) is 0 Å². The molecular weight excluding hydrogens is 241 g/mol. The molecule has 0 fully saturated rings. The first-order chi connectivity index (χ1) is 8.47. The molecule has 0 unspecified atom stereocenters. The smallest absolute Gasteiger partial charge is 0.374 e. The zero-order valence-electron chi connectivity index (χ0n) is 10.3. The van der Waals surface area contributed by atoms with Crippen LogP contribution in [0.5, 0.6) is 0 Å². The Morgan fingerprint density at radius 3 is 2.83 bits per heavy atom. The van der Waals surface area contributed by atoms with E-state index >= 15 is 0 Å². The molecule has 0 bridgehead atoms. The maximum absolute atomic E-state index is 12.2. The van der Waals surface area contributed by atoms with Crippen molar-refractivity contribution >= 4 is 5.69 Å². The molecular formula is C13H17F3N2. The molecule has 1 heterocycles. The van der Waals surface area contributed by atoms with Crippen LogP contribution in [0.4, 0.5) is 18.9 Å². The van der Waals surface area contributed by atoms with Gasteiger partial charge >= 0.3 is 6.18 Å². The Hall–Kier alpha value is -1.23. The maximum atomic E-state index is 12.2. The van der Waals surface area contributed by atoms with E-state index in [1.54, 1.807) is 11.9 Å². The quantitative estimate of drug-likeness (QED) is 0.896. The monoisotopic (exact) mass is 258 g/mol. The molecule has 0 spiro atoms. The standard InChI is InChI=1S/C13H17F3N2/c1-18(8-6-13(14,15)16)12-4-2-3-10-9-17-7-5-11(10)12/h2-4,17H,5-9H2,1H3. The SMILES string of the molecule is CN(CCC(F)(F)F)c1cccc2c1CCNC2. The number of fused-ring (bicyclic) bond motifs is 1. The lowest BCUT2D eigenvalue weighted by Crippen LogP contribution is -2.29. The van der Waals surface area contributed by atoms with Gasteiger partial charge in [0, 0.05) is 25.8 Å². The summed E-state index contributed by atoms with van der Waals surface area (Å²) in [6.07, 6.45) is -3.99. The molecule has 0 atom stereocenters. The molecule has 0 saturated heterocycles. The van der Waals surface area contributed by atoms with Gasteiger partial charge < -0.3 is 10.2 Å². The molecule has 0 aliphatic carbocycles. The highest BCUT2D eigenvalue weighted by molar-refractivity contribution is 5.57. The number of alkyl halides is 3. The molecule has 0 amide bonds. The summed E-state index contributed by atoms with van der Waals surface area (Å²) in [4.78, 5) is 1.71. The van der Waals surface area contributed by atoms with E-state index < -0.39 is 12.6 Å². The van der Waals surface area contributed by atoms with E-state index in [0.29, 0.717) is 0 Å². The lowest BCUT2D eigenvalue weighted by molar-refractivity contribution is -0.132. The van der Waals surface area contributed by atoms with Gasteiger partial charge in [0.1, 0.15) is 0 Å². The second kappa shape index (κ2) is 5.18. The zero-order chi connectivity index (χ0) is 13.2. The van der Waals surface area contributed by atoms with Crippen LogP contribution < -0.4 is 10.2 Å². The summed E-state index contributed by atoms with van der Waals surface area (Å²) in [6, 6.07) is 5.84. The van der Waals surface area contributed by atoms with E-state index in [1.807, 2.05) is 18.2 Å². The van der Waals surface area contributed by atoms with E-state index in [9.17, 15) is 13.2 Å². The second-order valence-corrected chi connectivity index (χ2v) is 4.63. The third-order valence-electron chi connectivity index (χ3n) is 3.26. The Morgan fingerprint density at radius 1 is 1.33 bits per heavy atom. The number of nitrogens with one attached hydrogen (secondary N) is 1. The molecule has 100 valence electrons. The number of halogens is 3. The average Bonchev–Trinajstić information content (AvgIpc) is 2.34. The van der Waals surface area contributed by atoms with Gasteiger partial charge in [-0.2, -0.15) is 13.2 Å². The Kier molecular flexibility index (Phi) is 3.80. The van der Waals surface area contributed by atoms with E-state index in [0.717, 1.165) is 25.2 Å². The third kappa shape index (κ3) is 3.16. The number of benzene rings is 1. The highest BCUT2D eigenvalue weighted by Crippen LogP contribution is 2.27. The predicted molar refractivity (Wildman–Crippen MR) is 65.8 cm³/mol. The van der Waals surface area contributed by atoms with Gasteiger partial charge in [0.15, 0.2) is 0 Å². The van der Waals surface area contributed by atoms with Gasteiger partial charge in [0.05, 0.1) is 6.42 Å². The van der Waals surface area contributed by atoms with Gasteiger partial charge in [-0.15, -0.1) is 0 Å². The fourth-order valence-electron chi connectivity index (χ4n) is 2.28. The van der Waals surface area contributed by atoms with Crippen molar-refractivity contribution in [2.45, 2.75) is 25.6 Å². The molecule has 5 heteroatoms. The van der Waals surface area contributed by atoms with Gasteiger partial charge in [-0.1, -0.05) is 12.1 Å². The summed E-state index contributed by atoms with van der Waals surface area (Å²) in [5, 5.41) is 3.26. The summed E-state index contributed by atoms with van der Waals surface area (Å²) in [5.74, 6) is 0. The minimum absolute atomic E-state index is 0.00732. The summed E-state index contributed by atoms with van der Waals surface area (Å²) >= 11 is 0. The largest absolute Gasteiger partial charge is 0.390 e. The molecule has 1 N–H and O–H groups in total. The first-order valence-electron chi connectivity index (χ1n) is 6.07. The normalized spacial score (nSPS) is 15.3. The number of hydrogen-bond acceptors (Lipinski definition) is 2. The molecule has 1 aliphatic rings. The van der Waals surface area contributed by atoms with Crippen molar-refractivity contribution in [2.75, 3.05) is 25.0 Å². The average molecular weight is 258 g/mol. The van der Waals surface area contributed by atoms with Crippen LogP contribution in [0.1, 0.15) is 17.5 Å². The molecule has 1 aromatic rings. The molecule has 0 aromatic heterocycles. The van der Waals surface area contributed by atoms with Crippen LogP contribution in [0.2, 0.25) is 0 Å². The van der Waals surface area contributed by atoms with Gasteiger partial charge in [-0.3, -0.25) is 0 Å². The van der Waals surface area contributed by atoms with Crippen LogP contribution in [0, 0.1) is 0 Å². The molecule has 2 nitrogen and oxygen atoms in total. The van der Waals surface area contributed by atoms with E-state index in [4.69, 9.17) is 0 Å². The minimum atomic E-state index is -4.09. The Morgan fingerprint density at radius 2 is 2.11 bits per heavy atom. The van der Waals surface area contributed by atoms with Crippen molar-refractivity contribution in [1.82, 2.24) is 5.32 Å². The Labute approximate surface area is 105 Å². The first-order valence-corrected chi connectivity index (χ1v) is 6.07. The summed E-state index contributed by atoms with van der Waals surface area (Å²) < 4.78 is 36.7. The lowest BCUT2D eigenvalue weighted by atomic mass is 9.98. The predicted octanol–water partition coefficient (Wildman–Crippen LogP) is 2.72. The first kappa shape index (κ1) is 13.2. The molecule has 0 radical (unpaired) electrons. The third-order valence-corrected chi connectivity index (χ3v) is 3.26. The Bertz CT molecular complexity index is 415. The lowest BCUT2D eigenvalue weighted by Gasteiger charge is -2.27. The second-order valence-electron chi connectivity index (χ2n) is 4.63. The molecule has 2 rings (SSSR count). The fourth-order valence-corrected chi connectivity index (χ4v) is 2.28. The van der Waals surface area contributed by atoms with Crippen LogP contribution in [0.25, 0.3) is 0 Å². The number of nitrogens with zero attached hydrogens (tertiary/aromatic N) is 1. The summed E-state index contributed by atoms with van der Waals surface area (Å²) in [5.41, 5.74) is 3.30. The van der Waals surface area contributed by atoms with Crippen molar-refractivity contribution in [2.24, 2.45) is 0 Å². The van der Waals surface area contributed by atoms with Gasteiger partial charge in [0.2, 0.25) is 0 Å². The van der Waals surface area contributed by atoms with Gasteiger partial charge in [-0.25, -0.2) is 0 Å². The summed E-state index contributed by atoms with van der Waals surface area (Å²) in [6.45, 7) is 1.70. The van der Waals surface area contributed by atoms with Crippen molar-refractivity contribution < 1.29 is 13.2 Å². The number of anilines is 1. The fraction of sp³-hybridized carbons (Fsp3) is 0.538. The highest BCUT2D eigenvalue weighted by Gasteiger charge is 2.27. The zero-order valence-corrected chi connectivity index (χ0v) is 10.3. The topological polar surface area (TPSA) is 15.3 Å². The molecule has 1 aromatic carbocycles. The van der Waals surface area contributed by atoms with Crippen LogP contribution in [0.15, 0.2) is 18.2 Å². The highest BCUT2D eigenvalue weighted by atomic mass is 19.4. The van der Waals surface area contributed by atoms with Crippen molar-refractivity contribution in [3.05, 3.63) is 29.3 Å². The van der Waals surface area contributed by atoms with Crippen molar-refractivity contribution in [1.29, 1.82) is 0 Å². The molecule has 18 heavy (non-hydrogen) atoms. The van der Waals surface area contributed by atoms with Crippen molar-refractivity contribution in [3.63, 3.8) is 0 Å². The van der Waals surface area contributed by atoms with Crippen molar-refractivity contribution in [3.8, 4) is 0 Å². The minimum Gasteiger partial charge on any atom is -0.374 e. The molecule has 1 aliphatic heterocycles. The molecule has 0 saturated carbocycles. The van der Waals surface area contributed by atoms with E-state index in [-0.39, 0.29) is 6.54 Å². The van der Waals surface area contributed by atoms with E-state index in [2.05, 4.69) is 5.32 Å². The number of hydrogen-bond donors (Lipinski definition) is 1. The summed E-state index contributed by atoms with van der Waals surface area (Å²) in [7, 11) is 1.73. The number of rotatable bonds is 3. The van der Waals surface area contributed by atoms with Crippen LogP contribution >= 0.6 is 0 Å². The maximum Gasteiger partial charge on any atom is 0.390 e. The van der Waals surface area contributed by atoms with Gasteiger partial charge in [-0.05, 0) is 30.2 Å². The van der Waals surface area contributed by atoms with Crippen LogP contribution in [-0.4, -0.2) is 26.3 Å². The van der Waals surface area contributed by atoms with Crippen LogP contribution in [-0.2, 0) is 13.0 Å².